The summed E-state index contributed by atoms with van der Waals surface area (Å²) in [5.41, 5.74) is 7.63. The maximum atomic E-state index is 5.33. The molecular formula is C57H35N3. The molecule has 3 heteroatoms. The standard InChI is InChI=1S/C57H35N3/c1-3-17-40-33-42(29-27-36(40)13-1)53-47-23-9-10-24-48(47)54(43-30-28-37-14-2-4-18-41(37)34-43)52-35-44(31-32-49(52)53)55-58-56(50-25-11-19-38-15-5-7-21-45(38)50)60-57(59-55)51-26-12-20-39-16-6-8-22-46(39)51/h1-35H. The van der Waals surface area contributed by atoms with E-state index in [1.165, 1.54) is 60.0 Å². The molecule has 0 atom stereocenters. The van der Waals surface area contributed by atoms with Crippen molar-refractivity contribution >= 4 is 64.6 Å². The molecule has 0 aliphatic heterocycles. The van der Waals surface area contributed by atoms with Crippen LogP contribution in [0.2, 0.25) is 0 Å². The van der Waals surface area contributed by atoms with E-state index in [9.17, 15) is 0 Å². The molecule has 0 aliphatic rings. The molecule has 0 unspecified atom stereocenters. The highest BCUT2D eigenvalue weighted by molar-refractivity contribution is 6.22. The van der Waals surface area contributed by atoms with Gasteiger partial charge in [-0.3, -0.25) is 0 Å². The quantitative estimate of drug-likeness (QED) is 0.164. The van der Waals surface area contributed by atoms with Crippen LogP contribution in [0.4, 0.5) is 0 Å². The second-order valence-corrected chi connectivity index (χ2v) is 15.5. The summed E-state index contributed by atoms with van der Waals surface area (Å²) in [6.07, 6.45) is 0. The average molecular weight is 762 g/mol. The Kier molecular flexibility index (Phi) is 7.85. The van der Waals surface area contributed by atoms with Crippen LogP contribution >= 0.6 is 0 Å². The number of hydrogen-bond donors (Lipinski definition) is 0. The summed E-state index contributed by atoms with van der Waals surface area (Å²) in [4.78, 5) is 15.9. The van der Waals surface area contributed by atoms with Gasteiger partial charge in [0.2, 0.25) is 0 Å². The van der Waals surface area contributed by atoms with Crippen LogP contribution in [0.25, 0.3) is 121 Å². The molecule has 1 heterocycles. The molecule has 12 aromatic rings. The van der Waals surface area contributed by atoms with Crippen LogP contribution in [0, 0.1) is 0 Å². The predicted molar refractivity (Wildman–Crippen MR) is 252 cm³/mol. The van der Waals surface area contributed by atoms with Gasteiger partial charge in [-0.2, -0.15) is 0 Å². The molecule has 11 aromatic carbocycles. The van der Waals surface area contributed by atoms with E-state index in [4.69, 9.17) is 15.0 Å². The van der Waals surface area contributed by atoms with Crippen LogP contribution < -0.4 is 0 Å². The molecule has 3 nitrogen and oxygen atoms in total. The van der Waals surface area contributed by atoms with Crippen molar-refractivity contribution in [2.75, 3.05) is 0 Å². The van der Waals surface area contributed by atoms with E-state index in [0.717, 1.165) is 43.6 Å². The lowest BCUT2D eigenvalue weighted by molar-refractivity contribution is 1.08. The lowest BCUT2D eigenvalue weighted by atomic mass is 9.84. The summed E-state index contributed by atoms with van der Waals surface area (Å²) in [7, 11) is 0. The zero-order valence-corrected chi connectivity index (χ0v) is 32.5. The fourth-order valence-electron chi connectivity index (χ4n) is 9.22. The van der Waals surface area contributed by atoms with Gasteiger partial charge in [0.15, 0.2) is 17.5 Å². The van der Waals surface area contributed by atoms with Gasteiger partial charge in [-0.05, 0) is 105 Å². The van der Waals surface area contributed by atoms with Crippen LogP contribution in [0.3, 0.4) is 0 Å². The smallest absolute Gasteiger partial charge is 0.164 e. The maximum Gasteiger partial charge on any atom is 0.164 e. The lowest BCUT2D eigenvalue weighted by Gasteiger charge is -2.19. The SMILES string of the molecule is c1ccc2cc(-c3c4ccccc4c(-c4ccc5ccccc5c4)c4cc(-c5nc(-c6cccc7ccccc67)nc(-c6cccc7ccccc67)n5)ccc34)ccc2c1. The fourth-order valence-corrected chi connectivity index (χ4v) is 9.22. The van der Waals surface area contributed by atoms with Gasteiger partial charge in [-0.1, -0.05) is 194 Å². The molecule has 0 N–H and O–H groups in total. The summed E-state index contributed by atoms with van der Waals surface area (Å²) < 4.78 is 0. The summed E-state index contributed by atoms with van der Waals surface area (Å²) in [6, 6.07) is 76.1. The summed E-state index contributed by atoms with van der Waals surface area (Å²) in [6.45, 7) is 0. The highest BCUT2D eigenvalue weighted by Crippen LogP contribution is 2.46. The van der Waals surface area contributed by atoms with Crippen molar-refractivity contribution in [1.29, 1.82) is 0 Å². The van der Waals surface area contributed by atoms with Crippen LogP contribution in [0.15, 0.2) is 212 Å². The van der Waals surface area contributed by atoms with Crippen LogP contribution in [-0.4, -0.2) is 15.0 Å². The van der Waals surface area contributed by atoms with E-state index in [1.54, 1.807) is 0 Å². The van der Waals surface area contributed by atoms with Gasteiger partial charge in [0, 0.05) is 16.7 Å². The van der Waals surface area contributed by atoms with Crippen molar-refractivity contribution in [3.63, 3.8) is 0 Å². The van der Waals surface area contributed by atoms with E-state index < -0.39 is 0 Å². The second-order valence-electron chi connectivity index (χ2n) is 15.5. The third kappa shape index (κ3) is 5.63. The van der Waals surface area contributed by atoms with Crippen molar-refractivity contribution in [1.82, 2.24) is 15.0 Å². The Balaban J connectivity index is 1.17. The third-order valence-corrected chi connectivity index (χ3v) is 12.1. The van der Waals surface area contributed by atoms with Gasteiger partial charge >= 0.3 is 0 Å². The first-order chi connectivity index (χ1) is 29.7. The van der Waals surface area contributed by atoms with E-state index in [-0.39, 0.29) is 0 Å². The summed E-state index contributed by atoms with van der Waals surface area (Å²) >= 11 is 0. The van der Waals surface area contributed by atoms with E-state index >= 15 is 0 Å². The molecule has 60 heavy (non-hydrogen) atoms. The number of fused-ring (bicyclic) bond motifs is 6. The number of benzene rings is 11. The fraction of sp³-hybridized carbons (Fsp3) is 0. The Morgan fingerprint density at radius 2 is 0.600 bits per heavy atom. The van der Waals surface area contributed by atoms with Crippen molar-refractivity contribution in [3.8, 4) is 56.4 Å². The molecule has 0 aliphatic carbocycles. The molecule has 0 spiro atoms. The van der Waals surface area contributed by atoms with Gasteiger partial charge in [-0.15, -0.1) is 0 Å². The molecule has 0 bridgehead atoms. The highest BCUT2D eigenvalue weighted by Gasteiger charge is 2.21. The van der Waals surface area contributed by atoms with Crippen molar-refractivity contribution < 1.29 is 0 Å². The van der Waals surface area contributed by atoms with Gasteiger partial charge in [0.25, 0.3) is 0 Å². The third-order valence-electron chi connectivity index (χ3n) is 12.1. The first kappa shape index (κ1) is 34.1. The first-order valence-corrected chi connectivity index (χ1v) is 20.4. The molecule has 0 saturated carbocycles. The van der Waals surface area contributed by atoms with Gasteiger partial charge in [-0.25, -0.2) is 15.0 Å². The van der Waals surface area contributed by atoms with Crippen molar-refractivity contribution in [2.45, 2.75) is 0 Å². The number of rotatable bonds is 5. The van der Waals surface area contributed by atoms with E-state index in [2.05, 4.69) is 212 Å². The molecule has 278 valence electrons. The van der Waals surface area contributed by atoms with Crippen molar-refractivity contribution in [3.05, 3.63) is 212 Å². The van der Waals surface area contributed by atoms with Gasteiger partial charge < -0.3 is 0 Å². The van der Waals surface area contributed by atoms with Gasteiger partial charge in [0.1, 0.15) is 0 Å². The molecule has 12 rings (SSSR count). The predicted octanol–water partition coefficient (Wildman–Crippen LogP) is 15.1. The number of nitrogens with zero attached hydrogens (tertiary/aromatic N) is 3. The molecular weight excluding hydrogens is 727 g/mol. The Bertz CT molecular complexity index is 3570. The lowest BCUT2D eigenvalue weighted by Crippen LogP contribution is -2.01. The van der Waals surface area contributed by atoms with E-state index in [0.29, 0.717) is 17.5 Å². The first-order valence-electron chi connectivity index (χ1n) is 20.4. The van der Waals surface area contributed by atoms with Crippen molar-refractivity contribution in [2.24, 2.45) is 0 Å². The minimum absolute atomic E-state index is 0.627. The molecule has 0 amide bonds. The molecule has 1 aromatic heterocycles. The molecule has 0 fully saturated rings. The van der Waals surface area contributed by atoms with E-state index in [1.807, 2.05) is 0 Å². The highest BCUT2D eigenvalue weighted by atomic mass is 15.0. The van der Waals surface area contributed by atoms with Gasteiger partial charge in [0.05, 0.1) is 0 Å². The summed E-state index contributed by atoms with van der Waals surface area (Å²) in [5.74, 6) is 1.91. The summed E-state index contributed by atoms with van der Waals surface area (Å²) in [5, 5.41) is 14.1. The zero-order valence-electron chi connectivity index (χ0n) is 32.5. The second kappa shape index (κ2) is 13.8. The Morgan fingerprint density at radius 1 is 0.217 bits per heavy atom. The number of hydrogen-bond acceptors (Lipinski definition) is 3. The van der Waals surface area contributed by atoms with Crippen LogP contribution in [0.1, 0.15) is 0 Å². The largest absolute Gasteiger partial charge is 0.208 e. The monoisotopic (exact) mass is 761 g/mol. The molecule has 0 radical (unpaired) electrons. The van der Waals surface area contributed by atoms with Crippen LogP contribution in [0.5, 0.6) is 0 Å². The Labute approximate surface area is 346 Å². The average Bonchev–Trinajstić information content (AvgIpc) is 3.32. The number of aromatic nitrogens is 3. The molecule has 0 saturated heterocycles. The minimum atomic E-state index is 0.627. The normalized spacial score (nSPS) is 11.7. The minimum Gasteiger partial charge on any atom is -0.208 e. The Hall–Kier alpha value is -8.01. The topological polar surface area (TPSA) is 38.7 Å². The zero-order chi connectivity index (χ0) is 39.6. The maximum absolute atomic E-state index is 5.33. The Morgan fingerprint density at radius 3 is 1.13 bits per heavy atom. The van der Waals surface area contributed by atoms with Crippen LogP contribution in [-0.2, 0) is 0 Å².